The highest BCUT2D eigenvalue weighted by atomic mass is 31.2. The van der Waals surface area contributed by atoms with Crippen molar-refractivity contribution in [1.29, 1.82) is 0 Å². The number of nitrogens with one attached hydrogen (secondary N) is 1. The largest absolute Gasteiger partial charge is 0.472 e. The van der Waals surface area contributed by atoms with Crippen LogP contribution in [0.3, 0.4) is 0 Å². The van der Waals surface area contributed by atoms with Crippen molar-refractivity contribution in [3.05, 3.63) is 12.2 Å². The monoisotopic (exact) mass is 914 g/mol. The van der Waals surface area contributed by atoms with Gasteiger partial charge < -0.3 is 19.8 Å². The van der Waals surface area contributed by atoms with Crippen molar-refractivity contribution in [1.82, 2.24) is 5.32 Å². The van der Waals surface area contributed by atoms with Crippen molar-refractivity contribution in [2.45, 2.75) is 289 Å². The van der Waals surface area contributed by atoms with Gasteiger partial charge in [0, 0.05) is 6.42 Å². The molecule has 0 saturated heterocycles. The second-order valence-corrected chi connectivity index (χ2v) is 21.8. The normalized spacial score (nSPS) is 14.1. The zero-order valence-corrected chi connectivity index (χ0v) is 43.7. The standard InChI is InChI=1S/C54H109N2O6P/c1-6-8-10-12-14-16-18-20-22-24-26-27-28-29-30-31-33-35-37-39-41-43-45-47-53(57)52(51-62-63(59,60)61-50-49-56(3,4)5)55-54(58)48-46-44-42-40-38-36-34-32-25-23-21-19-17-15-13-11-9-7-2/h45,47,52-53,57H,6-44,46,48-51H2,1-5H3,(H-,55,58,59,60)/p+1/b47-45+. The van der Waals surface area contributed by atoms with Gasteiger partial charge in [0.1, 0.15) is 13.2 Å². The fraction of sp³-hybridized carbons (Fsp3) is 0.944. The molecule has 0 rings (SSSR count). The predicted octanol–water partition coefficient (Wildman–Crippen LogP) is 16.3. The first-order valence-corrected chi connectivity index (χ1v) is 29.1. The summed E-state index contributed by atoms with van der Waals surface area (Å²) in [7, 11) is 1.59. The van der Waals surface area contributed by atoms with E-state index >= 15 is 0 Å². The first-order valence-electron chi connectivity index (χ1n) is 27.6. The average Bonchev–Trinajstić information content (AvgIpc) is 3.24. The fourth-order valence-electron chi connectivity index (χ4n) is 8.40. The van der Waals surface area contributed by atoms with E-state index in [0.717, 1.165) is 32.1 Å². The fourth-order valence-corrected chi connectivity index (χ4v) is 9.13. The smallest absolute Gasteiger partial charge is 0.387 e. The Balaban J connectivity index is 4.22. The summed E-state index contributed by atoms with van der Waals surface area (Å²) in [6.45, 7) is 4.86. The minimum Gasteiger partial charge on any atom is -0.387 e. The van der Waals surface area contributed by atoms with Crippen molar-refractivity contribution >= 4 is 13.7 Å². The van der Waals surface area contributed by atoms with Crippen LogP contribution in [0.2, 0.25) is 0 Å². The van der Waals surface area contributed by atoms with E-state index in [-0.39, 0.29) is 19.1 Å². The molecule has 8 nitrogen and oxygen atoms in total. The minimum atomic E-state index is -4.34. The molecule has 0 saturated carbocycles. The van der Waals surface area contributed by atoms with Gasteiger partial charge in [0.2, 0.25) is 5.91 Å². The van der Waals surface area contributed by atoms with Crippen LogP contribution in [0.4, 0.5) is 0 Å². The molecule has 63 heavy (non-hydrogen) atoms. The maximum Gasteiger partial charge on any atom is 0.472 e. The number of hydrogen-bond donors (Lipinski definition) is 3. The van der Waals surface area contributed by atoms with Crippen LogP contribution >= 0.6 is 7.82 Å². The van der Waals surface area contributed by atoms with Gasteiger partial charge in [0.05, 0.1) is 39.9 Å². The Bertz CT molecular complexity index is 1040. The highest BCUT2D eigenvalue weighted by Gasteiger charge is 2.27. The molecule has 0 radical (unpaired) electrons. The number of amides is 1. The molecule has 3 N–H and O–H groups in total. The summed E-state index contributed by atoms with van der Waals surface area (Å²) in [6.07, 6.45) is 55.8. The number of carbonyl (C=O) groups is 1. The lowest BCUT2D eigenvalue weighted by Crippen LogP contribution is -2.45. The summed E-state index contributed by atoms with van der Waals surface area (Å²) in [4.78, 5) is 23.3. The van der Waals surface area contributed by atoms with Crippen molar-refractivity contribution in [3.8, 4) is 0 Å². The van der Waals surface area contributed by atoms with E-state index in [4.69, 9.17) is 9.05 Å². The molecule has 0 spiro atoms. The molecule has 0 fully saturated rings. The molecule has 376 valence electrons. The maximum absolute atomic E-state index is 12.9. The highest BCUT2D eigenvalue weighted by Crippen LogP contribution is 2.43. The number of hydrogen-bond acceptors (Lipinski definition) is 5. The number of carbonyl (C=O) groups excluding carboxylic acids is 1. The number of likely N-dealkylation sites (N-methyl/N-ethyl adjacent to an activating group) is 1. The van der Waals surface area contributed by atoms with E-state index in [1.54, 1.807) is 6.08 Å². The number of unbranched alkanes of at least 4 members (excludes halogenated alkanes) is 38. The number of aliphatic hydroxyl groups excluding tert-OH is 1. The van der Waals surface area contributed by atoms with E-state index < -0.39 is 20.0 Å². The second kappa shape index (κ2) is 46.4. The quantitative estimate of drug-likeness (QED) is 0.0243. The highest BCUT2D eigenvalue weighted by molar-refractivity contribution is 7.47. The molecular formula is C54H110N2O6P+. The number of nitrogens with zero attached hydrogens (tertiary/aromatic N) is 1. The number of phosphoric acid groups is 1. The maximum atomic E-state index is 12.9. The van der Waals surface area contributed by atoms with E-state index in [1.165, 1.54) is 225 Å². The Morgan fingerprint density at radius 2 is 0.841 bits per heavy atom. The molecule has 9 heteroatoms. The van der Waals surface area contributed by atoms with Gasteiger partial charge in [0.15, 0.2) is 0 Å². The molecular weight excluding hydrogens is 804 g/mol. The molecule has 1 amide bonds. The molecule has 0 aliphatic rings. The molecule has 0 aromatic rings. The Labute approximate surface area is 392 Å². The number of aliphatic hydroxyl groups is 1. The molecule has 3 unspecified atom stereocenters. The second-order valence-electron chi connectivity index (χ2n) is 20.3. The average molecular weight is 914 g/mol. The van der Waals surface area contributed by atoms with E-state index in [2.05, 4.69) is 19.2 Å². The van der Waals surface area contributed by atoms with E-state index in [9.17, 15) is 19.4 Å². The molecule has 0 bridgehead atoms. The molecule has 0 aliphatic carbocycles. The number of phosphoric ester groups is 1. The first-order chi connectivity index (χ1) is 30.5. The van der Waals surface area contributed by atoms with Gasteiger partial charge in [0.25, 0.3) is 0 Å². The number of rotatable bonds is 51. The zero-order valence-electron chi connectivity index (χ0n) is 42.8. The predicted molar refractivity (Wildman–Crippen MR) is 272 cm³/mol. The van der Waals surface area contributed by atoms with Crippen molar-refractivity contribution < 1.29 is 32.9 Å². The molecule has 0 heterocycles. The van der Waals surface area contributed by atoms with Crippen LogP contribution in [0.5, 0.6) is 0 Å². The Morgan fingerprint density at radius 1 is 0.524 bits per heavy atom. The van der Waals surface area contributed by atoms with Gasteiger partial charge in [-0.2, -0.15) is 0 Å². The minimum absolute atomic E-state index is 0.0651. The van der Waals surface area contributed by atoms with E-state index in [1.807, 2.05) is 27.2 Å². The Kier molecular flexibility index (Phi) is 45.8. The molecule has 0 aromatic carbocycles. The van der Waals surface area contributed by atoms with Crippen LogP contribution in [-0.2, 0) is 18.4 Å². The molecule has 0 aromatic heterocycles. The van der Waals surface area contributed by atoms with Crippen LogP contribution in [0.25, 0.3) is 0 Å². The summed E-state index contributed by atoms with van der Waals surface area (Å²) in [5.74, 6) is -0.171. The third kappa shape index (κ3) is 49.0. The SMILES string of the molecule is CCCCCCCCCCCCCCCCCCCCCCC/C=C/C(O)C(COP(=O)(O)OCC[N+](C)(C)C)NC(=O)CCCCCCCCCCCCCCCCCCCC. The van der Waals surface area contributed by atoms with Crippen LogP contribution < -0.4 is 5.32 Å². The van der Waals surface area contributed by atoms with Gasteiger partial charge in [-0.3, -0.25) is 13.8 Å². The third-order valence-electron chi connectivity index (χ3n) is 12.8. The van der Waals surface area contributed by atoms with Crippen molar-refractivity contribution in [2.24, 2.45) is 0 Å². The Morgan fingerprint density at radius 3 is 1.17 bits per heavy atom. The van der Waals surface area contributed by atoms with Gasteiger partial charge in [-0.1, -0.05) is 264 Å². The molecule has 0 aliphatic heterocycles. The van der Waals surface area contributed by atoms with Crippen LogP contribution in [-0.4, -0.2) is 73.4 Å². The van der Waals surface area contributed by atoms with Crippen molar-refractivity contribution in [3.63, 3.8) is 0 Å². The lowest BCUT2D eigenvalue weighted by Gasteiger charge is -2.25. The lowest BCUT2D eigenvalue weighted by atomic mass is 10.0. The van der Waals surface area contributed by atoms with E-state index in [0.29, 0.717) is 17.4 Å². The third-order valence-corrected chi connectivity index (χ3v) is 13.7. The van der Waals surface area contributed by atoms with Gasteiger partial charge >= 0.3 is 7.82 Å². The first kappa shape index (κ1) is 62.2. The Hall–Kier alpha value is -0.760. The summed E-state index contributed by atoms with van der Waals surface area (Å²) >= 11 is 0. The summed E-state index contributed by atoms with van der Waals surface area (Å²) in [5, 5.41) is 13.9. The van der Waals surface area contributed by atoms with Gasteiger partial charge in [-0.15, -0.1) is 0 Å². The number of allylic oxidation sites excluding steroid dienone is 1. The summed E-state index contributed by atoms with van der Waals surface area (Å²) in [5.41, 5.74) is 0. The van der Waals surface area contributed by atoms with Gasteiger partial charge in [-0.25, -0.2) is 4.57 Å². The topological polar surface area (TPSA) is 105 Å². The number of quaternary nitrogens is 1. The van der Waals surface area contributed by atoms with Crippen LogP contribution in [0.15, 0.2) is 12.2 Å². The van der Waals surface area contributed by atoms with Crippen LogP contribution in [0.1, 0.15) is 277 Å². The van der Waals surface area contributed by atoms with Gasteiger partial charge in [-0.05, 0) is 19.3 Å². The van der Waals surface area contributed by atoms with Crippen LogP contribution in [0, 0.1) is 0 Å². The van der Waals surface area contributed by atoms with Crippen molar-refractivity contribution in [2.75, 3.05) is 40.9 Å². The zero-order chi connectivity index (χ0) is 46.4. The lowest BCUT2D eigenvalue weighted by molar-refractivity contribution is -0.870. The summed E-state index contributed by atoms with van der Waals surface area (Å²) < 4.78 is 23.7. The molecule has 3 atom stereocenters. The summed E-state index contributed by atoms with van der Waals surface area (Å²) in [6, 6.07) is -0.841.